The molecule has 0 amide bonds. The van der Waals surface area contributed by atoms with Gasteiger partial charge >= 0.3 is 0 Å². The van der Waals surface area contributed by atoms with Gasteiger partial charge in [-0.1, -0.05) is 91.0 Å². The zero-order valence-electron chi connectivity index (χ0n) is 23.2. The molecule has 3 heterocycles. The highest BCUT2D eigenvalue weighted by molar-refractivity contribution is 9.10. The van der Waals surface area contributed by atoms with Crippen LogP contribution in [0.1, 0.15) is 35.4 Å². The van der Waals surface area contributed by atoms with Crippen LogP contribution in [0.2, 0.25) is 0 Å². The summed E-state index contributed by atoms with van der Waals surface area (Å²) in [5.41, 5.74) is 2.99. The predicted molar refractivity (Wildman–Crippen MR) is 162 cm³/mol. The number of hydrogen-bond acceptors (Lipinski definition) is 6. The lowest BCUT2D eigenvalue weighted by Gasteiger charge is -2.35. The molecule has 0 radical (unpaired) electrons. The fourth-order valence-corrected chi connectivity index (χ4v) is 6.06. The molecule has 0 bridgehead atoms. The van der Waals surface area contributed by atoms with Gasteiger partial charge in [-0.3, -0.25) is 4.79 Å². The molecule has 4 atom stereocenters. The lowest BCUT2D eigenvalue weighted by molar-refractivity contribution is -0.148. The van der Waals surface area contributed by atoms with Crippen LogP contribution < -0.4 is 5.56 Å². The SMILES string of the molecule is C[C@@]1(OCc2ccccc2)[C@H](OCc2ccccc2)[C@@H](COCc2ccccc2)O[C@H]1c1cc(Br)c2c(=O)[nH]cnn12. The molecule has 0 aliphatic carbocycles. The molecule has 0 saturated carbocycles. The topological polar surface area (TPSA) is 87.1 Å². The predicted octanol–water partition coefficient (Wildman–Crippen LogP) is 6.00. The second-order valence-electron chi connectivity index (χ2n) is 10.5. The van der Waals surface area contributed by atoms with Gasteiger partial charge < -0.3 is 23.9 Å². The van der Waals surface area contributed by atoms with Crippen molar-refractivity contribution in [2.75, 3.05) is 6.61 Å². The number of aromatic nitrogens is 3. The van der Waals surface area contributed by atoms with E-state index < -0.39 is 23.9 Å². The molecule has 0 spiro atoms. The number of benzene rings is 3. The minimum Gasteiger partial charge on any atom is -0.374 e. The maximum Gasteiger partial charge on any atom is 0.276 e. The molecule has 1 N–H and O–H groups in total. The summed E-state index contributed by atoms with van der Waals surface area (Å²) < 4.78 is 28.6. The molecule has 1 aliphatic rings. The van der Waals surface area contributed by atoms with Crippen molar-refractivity contribution >= 4 is 21.4 Å². The molecule has 42 heavy (non-hydrogen) atoms. The van der Waals surface area contributed by atoms with Crippen molar-refractivity contribution in [1.29, 1.82) is 0 Å². The Hall–Kier alpha value is -3.60. The van der Waals surface area contributed by atoms with Crippen molar-refractivity contribution < 1.29 is 18.9 Å². The minimum atomic E-state index is -0.969. The van der Waals surface area contributed by atoms with Crippen molar-refractivity contribution in [2.24, 2.45) is 0 Å². The lowest BCUT2D eigenvalue weighted by atomic mass is 9.90. The second kappa shape index (κ2) is 12.7. The van der Waals surface area contributed by atoms with Gasteiger partial charge in [0.25, 0.3) is 5.56 Å². The van der Waals surface area contributed by atoms with E-state index in [0.717, 1.165) is 16.7 Å². The molecule has 8 nitrogen and oxygen atoms in total. The van der Waals surface area contributed by atoms with E-state index in [1.54, 1.807) is 4.52 Å². The summed E-state index contributed by atoms with van der Waals surface area (Å²) in [6.45, 7) is 3.45. The smallest absolute Gasteiger partial charge is 0.276 e. The van der Waals surface area contributed by atoms with Gasteiger partial charge in [-0.2, -0.15) is 5.10 Å². The highest BCUT2D eigenvalue weighted by Gasteiger charge is 2.57. The van der Waals surface area contributed by atoms with E-state index in [2.05, 4.69) is 26.0 Å². The average molecular weight is 631 g/mol. The van der Waals surface area contributed by atoms with Gasteiger partial charge in [0.2, 0.25) is 0 Å². The molecule has 9 heteroatoms. The Morgan fingerprint density at radius 1 is 0.905 bits per heavy atom. The molecule has 0 unspecified atom stereocenters. The van der Waals surface area contributed by atoms with E-state index in [4.69, 9.17) is 18.9 Å². The quantitative estimate of drug-likeness (QED) is 0.193. The third-order valence-corrected chi connectivity index (χ3v) is 8.21. The van der Waals surface area contributed by atoms with E-state index in [0.29, 0.717) is 35.5 Å². The van der Waals surface area contributed by atoms with E-state index in [-0.39, 0.29) is 12.2 Å². The zero-order valence-corrected chi connectivity index (χ0v) is 24.8. The van der Waals surface area contributed by atoms with Gasteiger partial charge in [0, 0.05) is 0 Å². The van der Waals surface area contributed by atoms with E-state index in [1.807, 2.05) is 104 Å². The maximum absolute atomic E-state index is 12.7. The lowest BCUT2D eigenvalue weighted by Crippen LogP contribution is -2.47. The number of nitrogens with one attached hydrogen (secondary N) is 1. The summed E-state index contributed by atoms with van der Waals surface area (Å²) in [6.07, 6.45) is -0.213. The standard InChI is InChI=1S/C33H32BrN3O5/c1-33(41-20-25-15-9-4-10-16-25)30(27-17-26(34)29-32(38)35-22-36-37(27)29)42-28(21-39-18-23-11-5-2-6-12-23)31(33)40-19-24-13-7-3-8-14-24/h2-17,22,28,30-31H,18-21H2,1H3,(H,35,36,38)/t28-,30+,31-,33+/m1/s1. The van der Waals surface area contributed by atoms with Crippen molar-refractivity contribution in [1.82, 2.24) is 14.6 Å². The van der Waals surface area contributed by atoms with E-state index >= 15 is 0 Å². The molecule has 5 aromatic rings. The molecule has 216 valence electrons. The van der Waals surface area contributed by atoms with Gasteiger partial charge in [-0.25, -0.2) is 4.52 Å². The first kappa shape index (κ1) is 28.5. The van der Waals surface area contributed by atoms with Gasteiger partial charge in [0.15, 0.2) is 0 Å². The third kappa shape index (κ3) is 5.97. The number of ether oxygens (including phenoxy) is 4. The number of nitrogens with zero attached hydrogens (tertiary/aromatic N) is 2. The zero-order chi connectivity index (χ0) is 28.9. The van der Waals surface area contributed by atoms with E-state index in [1.165, 1.54) is 6.33 Å². The highest BCUT2D eigenvalue weighted by Crippen LogP contribution is 2.47. The molecule has 2 aromatic heterocycles. The van der Waals surface area contributed by atoms with Gasteiger partial charge in [-0.05, 0) is 45.6 Å². The van der Waals surface area contributed by atoms with Crippen LogP contribution in [-0.4, -0.2) is 39.0 Å². The summed E-state index contributed by atoms with van der Waals surface area (Å²) in [7, 11) is 0. The van der Waals surface area contributed by atoms with Crippen LogP contribution in [0.4, 0.5) is 0 Å². The fourth-order valence-electron chi connectivity index (χ4n) is 5.48. The number of fused-ring (bicyclic) bond motifs is 1. The Bertz CT molecular complexity index is 1660. The fraction of sp³-hybridized carbons (Fsp3) is 0.273. The average Bonchev–Trinajstić information content (AvgIpc) is 3.50. The van der Waals surface area contributed by atoms with Crippen LogP contribution in [0.5, 0.6) is 0 Å². The first-order chi connectivity index (χ1) is 20.5. The largest absolute Gasteiger partial charge is 0.374 e. The Balaban J connectivity index is 1.36. The van der Waals surface area contributed by atoms with Crippen LogP contribution in [0.3, 0.4) is 0 Å². The van der Waals surface area contributed by atoms with E-state index in [9.17, 15) is 4.79 Å². The molecule has 6 rings (SSSR count). The summed E-state index contributed by atoms with van der Waals surface area (Å²) >= 11 is 3.56. The molecule has 1 saturated heterocycles. The number of rotatable bonds is 11. The van der Waals surface area contributed by atoms with Gasteiger partial charge in [0.05, 0.1) is 36.6 Å². The summed E-state index contributed by atoms with van der Waals surface area (Å²) in [4.78, 5) is 15.4. The monoisotopic (exact) mass is 629 g/mol. The van der Waals surface area contributed by atoms with Crippen molar-refractivity contribution in [3.05, 3.63) is 141 Å². The molecule has 1 aliphatic heterocycles. The maximum atomic E-state index is 12.7. The van der Waals surface area contributed by atoms with Crippen LogP contribution in [0, 0.1) is 0 Å². The Morgan fingerprint density at radius 3 is 2.14 bits per heavy atom. The first-order valence-electron chi connectivity index (χ1n) is 13.9. The Labute approximate surface area is 252 Å². The highest BCUT2D eigenvalue weighted by atomic mass is 79.9. The normalized spacial score (nSPS) is 22.1. The Kier molecular flexibility index (Phi) is 8.64. The number of hydrogen-bond donors (Lipinski definition) is 1. The van der Waals surface area contributed by atoms with Crippen molar-refractivity contribution in [3.63, 3.8) is 0 Å². The van der Waals surface area contributed by atoms with Crippen LogP contribution in [0.25, 0.3) is 5.52 Å². The molecule has 1 fully saturated rings. The Morgan fingerprint density at radius 2 is 1.50 bits per heavy atom. The summed E-state index contributed by atoms with van der Waals surface area (Å²) in [5.74, 6) is 0. The van der Waals surface area contributed by atoms with Crippen molar-refractivity contribution in [3.8, 4) is 0 Å². The summed E-state index contributed by atoms with van der Waals surface area (Å²) in [6, 6.07) is 31.9. The first-order valence-corrected chi connectivity index (χ1v) is 14.7. The van der Waals surface area contributed by atoms with Crippen molar-refractivity contribution in [2.45, 2.75) is 50.7 Å². The van der Waals surface area contributed by atoms with Gasteiger partial charge in [-0.15, -0.1) is 0 Å². The molecule has 3 aromatic carbocycles. The number of aromatic amines is 1. The summed E-state index contributed by atoms with van der Waals surface area (Å²) in [5, 5.41) is 4.46. The van der Waals surface area contributed by atoms with Gasteiger partial charge in [0.1, 0.15) is 35.8 Å². The third-order valence-electron chi connectivity index (χ3n) is 7.60. The minimum absolute atomic E-state index is 0.257. The second-order valence-corrected chi connectivity index (χ2v) is 11.4. The van der Waals surface area contributed by atoms with Crippen LogP contribution in [-0.2, 0) is 38.8 Å². The number of H-pyrrole nitrogens is 1. The number of halogens is 1. The molecular weight excluding hydrogens is 598 g/mol. The molecular formula is C33H32BrN3O5. The van der Waals surface area contributed by atoms with Crippen LogP contribution in [0.15, 0.2) is 113 Å². The van der Waals surface area contributed by atoms with Crippen LogP contribution >= 0.6 is 15.9 Å².